The third-order valence-electron chi connectivity index (χ3n) is 6.35. The van der Waals surface area contributed by atoms with Crippen LogP contribution in [-0.2, 0) is 12.6 Å². The molecule has 1 aliphatic heterocycles. The van der Waals surface area contributed by atoms with Gasteiger partial charge >= 0.3 is 6.18 Å². The number of thioether (sulfide) groups is 1. The number of benzene rings is 2. The first-order chi connectivity index (χ1) is 17.6. The molecule has 1 aromatic heterocycles. The van der Waals surface area contributed by atoms with Crippen LogP contribution >= 0.6 is 11.8 Å². The van der Waals surface area contributed by atoms with Crippen LogP contribution in [0.15, 0.2) is 46.2 Å². The van der Waals surface area contributed by atoms with Crippen LogP contribution in [0.25, 0.3) is 11.1 Å². The number of terminal acetylenes is 1. The zero-order valence-electron chi connectivity index (χ0n) is 20.0. The zero-order valence-corrected chi connectivity index (χ0v) is 20.8. The van der Waals surface area contributed by atoms with Crippen molar-refractivity contribution in [2.45, 2.75) is 30.6 Å². The lowest BCUT2D eigenvalue weighted by atomic mass is 9.92. The van der Waals surface area contributed by atoms with Gasteiger partial charge in [0.05, 0.1) is 35.8 Å². The maximum atomic E-state index is 15.3. The molecular weight excluding hydrogens is 511 g/mol. The number of hydrogen-bond acceptors (Lipinski definition) is 4. The van der Waals surface area contributed by atoms with Gasteiger partial charge in [0.15, 0.2) is 11.6 Å². The molecule has 4 nitrogen and oxygen atoms in total. The lowest BCUT2D eigenvalue weighted by Crippen LogP contribution is -2.33. The van der Waals surface area contributed by atoms with Crippen molar-refractivity contribution in [3.63, 3.8) is 0 Å². The first-order valence-electron chi connectivity index (χ1n) is 11.3. The third kappa shape index (κ3) is 4.98. The highest BCUT2D eigenvalue weighted by Crippen LogP contribution is 2.42. The highest BCUT2D eigenvalue weighted by Gasteiger charge is 2.36. The van der Waals surface area contributed by atoms with E-state index in [-0.39, 0.29) is 29.0 Å². The Kier molecular flexibility index (Phi) is 7.67. The molecule has 0 saturated carbocycles. The molecule has 0 bridgehead atoms. The van der Waals surface area contributed by atoms with Crippen LogP contribution in [0.3, 0.4) is 0 Å². The Labute approximate surface area is 214 Å². The summed E-state index contributed by atoms with van der Waals surface area (Å²) in [7, 11) is 1.29. The Morgan fingerprint density at radius 2 is 1.92 bits per heavy atom. The van der Waals surface area contributed by atoms with Gasteiger partial charge in [-0.1, -0.05) is 24.1 Å². The molecule has 0 saturated heterocycles. The summed E-state index contributed by atoms with van der Waals surface area (Å²) in [5.74, 6) is 1.02. The minimum absolute atomic E-state index is 0.00972. The summed E-state index contributed by atoms with van der Waals surface area (Å²) in [6.07, 6.45) is 0.0955. The molecule has 2 aromatic carbocycles. The third-order valence-corrected chi connectivity index (χ3v) is 7.62. The first-order valence-corrected chi connectivity index (χ1v) is 12.3. The number of halogens is 5. The smallest absolute Gasteiger partial charge is 0.416 e. The van der Waals surface area contributed by atoms with E-state index in [0.29, 0.717) is 22.9 Å². The van der Waals surface area contributed by atoms with Gasteiger partial charge in [-0.15, -0.1) is 18.2 Å². The van der Waals surface area contributed by atoms with E-state index in [0.717, 1.165) is 18.2 Å². The molecule has 194 valence electrons. The van der Waals surface area contributed by atoms with Crippen LogP contribution in [-0.4, -0.2) is 30.5 Å². The van der Waals surface area contributed by atoms with Crippen molar-refractivity contribution in [1.82, 2.24) is 9.88 Å². The number of alkyl halides is 3. The van der Waals surface area contributed by atoms with E-state index in [1.807, 2.05) is 0 Å². The summed E-state index contributed by atoms with van der Waals surface area (Å²) in [6, 6.07) is 6.74. The van der Waals surface area contributed by atoms with Gasteiger partial charge in [0.25, 0.3) is 5.56 Å². The van der Waals surface area contributed by atoms with Gasteiger partial charge < -0.3 is 10.1 Å². The highest BCUT2D eigenvalue weighted by atomic mass is 32.2. The van der Waals surface area contributed by atoms with E-state index >= 15 is 4.39 Å². The normalized spacial score (nSPS) is 14.9. The quantitative estimate of drug-likeness (QED) is 0.244. The summed E-state index contributed by atoms with van der Waals surface area (Å²) in [5.41, 5.74) is -1.57. The molecule has 37 heavy (non-hydrogen) atoms. The fraction of sp³-hybridized carbons (Fsp3) is 0.296. The van der Waals surface area contributed by atoms with Crippen molar-refractivity contribution in [2.24, 2.45) is 0 Å². The van der Waals surface area contributed by atoms with E-state index < -0.39 is 47.0 Å². The standard InChI is InChI=1S/C27H23F5N2O2S/c1-4-11-33-13-16-14-37-26-18(12-19-20(27(30,31)32)8-6-9-21(19)28)15(2)23(25(35)34(16)26)17-7-5-10-22(36-3)24(17)29/h1,5-10,16,33H,11-14H2,2-3H3. The van der Waals surface area contributed by atoms with Gasteiger partial charge in [-0.05, 0) is 36.2 Å². The number of methoxy groups -OCH3 is 1. The summed E-state index contributed by atoms with van der Waals surface area (Å²) in [4.78, 5) is 13.8. The molecule has 0 radical (unpaired) electrons. The topological polar surface area (TPSA) is 43.3 Å². The Hall–Kier alpha value is -3.29. The number of pyridine rings is 1. The monoisotopic (exact) mass is 534 g/mol. The number of rotatable bonds is 7. The number of ether oxygens (including phenoxy) is 1. The molecule has 1 atom stereocenters. The summed E-state index contributed by atoms with van der Waals surface area (Å²) >= 11 is 1.29. The highest BCUT2D eigenvalue weighted by molar-refractivity contribution is 7.99. The molecule has 1 unspecified atom stereocenters. The van der Waals surface area contributed by atoms with E-state index in [4.69, 9.17) is 11.2 Å². The van der Waals surface area contributed by atoms with E-state index in [1.54, 1.807) is 6.92 Å². The van der Waals surface area contributed by atoms with Gasteiger partial charge in [-0.2, -0.15) is 13.2 Å². The second-order valence-electron chi connectivity index (χ2n) is 8.52. The maximum Gasteiger partial charge on any atom is 0.416 e. The molecule has 3 aromatic rings. The first kappa shape index (κ1) is 26.8. The molecule has 0 aliphatic carbocycles. The average molecular weight is 535 g/mol. The van der Waals surface area contributed by atoms with Crippen molar-refractivity contribution >= 4 is 11.8 Å². The summed E-state index contributed by atoms with van der Waals surface area (Å²) in [6.45, 7) is 2.12. The number of nitrogens with zero attached hydrogens (tertiary/aromatic N) is 1. The number of fused-ring (bicyclic) bond motifs is 1. The molecular formula is C27H23F5N2O2S. The van der Waals surface area contributed by atoms with E-state index in [1.165, 1.54) is 41.6 Å². The predicted octanol–water partition coefficient (Wildman–Crippen LogP) is 5.59. The van der Waals surface area contributed by atoms with Crippen molar-refractivity contribution in [3.8, 4) is 29.2 Å². The molecule has 4 rings (SSSR count). The van der Waals surface area contributed by atoms with Crippen molar-refractivity contribution in [3.05, 3.63) is 80.6 Å². The van der Waals surface area contributed by atoms with Crippen LogP contribution in [0.5, 0.6) is 5.75 Å². The molecule has 1 N–H and O–H groups in total. The van der Waals surface area contributed by atoms with Gasteiger partial charge in [0.2, 0.25) is 0 Å². The van der Waals surface area contributed by atoms with Crippen molar-refractivity contribution < 1.29 is 26.7 Å². The fourth-order valence-electron chi connectivity index (χ4n) is 4.60. The van der Waals surface area contributed by atoms with Crippen LogP contribution in [0.2, 0.25) is 0 Å². The number of hydrogen-bond donors (Lipinski definition) is 1. The molecule has 1 aliphatic rings. The van der Waals surface area contributed by atoms with Crippen LogP contribution in [0.1, 0.15) is 28.3 Å². The second-order valence-corrected chi connectivity index (χ2v) is 9.53. The zero-order chi connectivity index (χ0) is 26.9. The van der Waals surface area contributed by atoms with Crippen LogP contribution < -0.4 is 15.6 Å². The van der Waals surface area contributed by atoms with E-state index in [9.17, 15) is 22.4 Å². The van der Waals surface area contributed by atoms with E-state index in [2.05, 4.69) is 11.2 Å². The number of nitrogens with one attached hydrogen (secondary N) is 1. The molecule has 10 heteroatoms. The van der Waals surface area contributed by atoms with Crippen molar-refractivity contribution in [2.75, 3.05) is 26.0 Å². The minimum atomic E-state index is -4.78. The summed E-state index contributed by atoms with van der Waals surface area (Å²) < 4.78 is 78.0. The maximum absolute atomic E-state index is 15.3. The van der Waals surface area contributed by atoms with Gasteiger partial charge in [-0.25, -0.2) is 8.78 Å². The van der Waals surface area contributed by atoms with Gasteiger partial charge in [-0.3, -0.25) is 9.36 Å². The predicted molar refractivity (Wildman–Crippen MR) is 133 cm³/mol. The van der Waals surface area contributed by atoms with Gasteiger partial charge in [0, 0.05) is 29.8 Å². The average Bonchev–Trinajstić information content (AvgIpc) is 3.27. The minimum Gasteiger partial charge on any atom is -0.494 e. The van der Waals surface area contributed by atoms with Crippen LogP contribution in [0, 0.1) is 30.9 Å². The fourth-order valence-corrected chi connectivity index (χ4v) is 5.98. The number of aromatic nitrogens is 1. The Morgan fingerprint density at radius 1 is 1.19 bits per heavy atom. The Balaban J connectivity index is 1.99. The largest absolute Gasteiger partial charge is 0.494 e. The molecule has 0 spiro atoms. The van der Waals surface area contributed by atoms with Crippen molar-refractivity contribution in [1.29, 1.82) is 0 Å². The van der Waals surface area contributed by atoms with Gasteiger partial charge in [0.1, 0.15) is 5.82 Å². The SMILES string of the molecule is C#CCNCC1CSc2c(Cc3c(F)cccc3C(F)(F)F)c(C)c(-c3cccc(OC)c3F)c(=O)n21. The van der Waals surface area contributed by atoms with Crippen LogP contribution in [0.4, 0.5) is 22.0 Å². The summed E-state index contributed by atoms with van der Waals surface area (Å²) in [5, 5.41) is 3.47. The Bertz CT molecular complexity index is 1440. The lowest BCUT2D eigenvalue weighted by Gasteiger charge is -2.22. The molecule has 0 fully saturated rings. The lowest BCUT2D eigenvalue weighted by molar-refractivity contribution is -0.138. The second kappa shape index (κ2) is 10.6. The molecule has 2 heterocycles. The Morgan fingerprint density at radius 3 is 2.59 bits per heavy atom. The molecule has 0 amide bonds.